The maximum atomic E-state index is 11.4. The molecule has 0 aliphatic heterocycles. The summed E-state index contributed by atoms with van der Waals surface area (Å²) in [7, 11) is 3.39. The van der Waals surface area contributed by atoms with Gasteiger partial charge in [0.1, 0.15) is 0 Å². The molecular weight excluding hydrogens is 204 g/mol. The van der Waals surface area contributed by atoms with Crippen LogP contribution in [0.5, 0.6) is 0 Å². The molecule has 0 radical (unpaired) electrons. The van der Waals surface area contributed by atoms with Gasteiger partial charge in [-0.15, -0.1) is 0 Å². The topological polar surface area (TPSA) is 42.4 Å². The number of nitrogens with zero attached hydrogens (tertiary/aromatic N) is 2. The Bertz CT molecular complexity index is 327. The fraction of sp³-hybridized carbons (Fsp3) is 0.500. The number of anilines is 1. The number of pyridine rings is 1. The zero-order chi connectivity index (χ0) is 12.0. The molecule has 0 bridgehead atoms. The molecule has 0 saturated carbocycles. The van der Waals surface area contributed by atoms with Crippen LogP contribution in [-0.4, -0.2) is 31.7 Å². The van der Waals surface area contributed by atoms with E-state index in [1.165, 1.54) is 7.11 Å². The molecule has 1 heterocycles. The SMILES string of the molecule is CCC(CN(C)c1ccncc1)C(=O)OC. The van der Waals surface area contributed by atoms with Crippen LogP contribution in [0.1, 0.15) is 13.3 Å². The highest BCUT2D eigenvalue weighted by Crippen LogP contribution is 2.14. The van der Waals surface area contributed by atoms with E-state index in [9.17, 15) is 4.79 Å². The van der Waals surface area contributed by atoms with Crippen molar-refractivity contribution in [3.8, 4) is 0 Å². The first-order valence-electron chi connectivity index (χ1n) is 5.38. The molecule has 1 aromatic heterocycles. The Kier molecular flexibility index (Phi) is 4.76. The molecule has 0 aliphatic carbocycles. The fourth-order valence-corrected chi connectivity index (χ4v) is 1.57. The lowest BCUT2D eigenvalue weighted by molar-refractivity contribution is -0.145. The number of hydrogen-bond donors (Lipinski definition) is 0. The fourth-order valence-electron chi connectivity index (χ4n) is 1.57. The normalized spacial score (nSPS) is 11.9. The second-order valence-corrected chi connectivity index (χ2v) is 3.71. The first-order chi connectivity index (χ1) is 7.69. The average Bonchev–Trinajstić information content (AvgIpc) is 2.35. The van der Waals surface area contributed by atoms with E-state index in [2.05, 4.69) is 4.98 Å². The lowest BCUT2D eigenvalue weighted by atomic mass is 10.1. The largest absolute Gasteiger partial charge is 0.469 e. The summed E-state index contributed by atoms with van der Waals surface area (Å²) in [6, 6.07) is 3.84. The van der Waals surface area contributed by atoms with Crippen molar-refractivity contribution in [1.82, 2.24) is 4.98 Å². The summed E-state index contributed by atoms with van der Waals surface area (Å²) in [6.07, 6.45) is 4.26. The summed E-state index contributed by atoms with van der Waals surface area (Å²) in [5.74, 6) is -0.230. The summed E-state index contributed by atoms with van der Waals surface area (Å²) in [5.41, 5.74) is 1.05. The van der Waals surface area contributed by atoms with Gasteiger partial charge in [0.05, 0.1) is 13.0 Å². The van der Waals surface area contributed by atoms with E-state index < -0.39 is 0 Å². The van der Waals surface area contributed by atoms with Crippen LogP contribution < -0.4 is 4.90 Å². The summed E-state index contributed by atoms with van der Waals surface area (Å²) in [4.78, 5) is 17.4. The Balaban J connectivity index is 2.62. The molecule has 1 aromatic rings. The number of aromatic nitrogens is 1. The van der Waals surface area contributed by atoms with Gasteiger partial charge in [-0.25, -0.2) is 0 Å². The van der Waals surface area contributed by atoms with Crippen molar-refractivity contribution in [3.05, 3.63) is 24.5 Å². The van der Waals surface area contributed by atoms with Crippen LogP contribution in [0.25, 0.3) is 0 Å². The van der Waals surface area contributed by atoms with Gasteiger partial charge in [0, 0.05) is 31.7 Å². The van der Waals surface area contributed by atoms with Crippen molar-refractivity contribution >= 4 is 11.7 Å². The van der Waals surface area contributed by atoms with E-state index in [1.807, 2.05) is 31.0 Å². The van der Waals surface area contributed by atoms with Crippen LogP contribution in [0, 0.1) is 5.92 Å². The summed E-state index contributed by atoms with van der Waals surface area (Å²) >= 11 is 0. The maximum absolute atomic E-state index is 11.4. The van der Waals surface area contributed by atoms with Gasteiger partial charge in [0.15, 0.2) is 0 Å². The number of carbonyl (C=O) groups excluding carboxylic acids is 1. The molecule has 0 saturated heterocycles. The highest BCUT2D eigenvalue weighted by Gasteiger charge is 2.18. The minimum atomic E-state index is -0.150. The Morgan fingerprint density at radius 2 is 2.12 bits per heavy atom. The van der Waals surface area contributed by atoms with Gasteiger partial charge in [-0.1, -0.05) is 6.92 Å². The molecule has 0 amide bonds. The first kappa shape index (κ1) is 12.5. The van der Waals surface area contributed by atoms with Gasteiger partial charge in [-0.05, 0) is 18.6 Å². The minimum absolute atomic E-state index is 0.0804. The average molecular weight is 222 g/mol. The van der Waals surface area contributed by atoms with Crippen molar-refractivity contribution in [2.45, 2.75) is 13.3 Å². The first-order valence-corrected chi connectivity index (χ1v) is 5.38. The Labute approximate surface area is 96.2 Å². The lowest BCUT2D eigenvalue weighted by Gasteiger charge is -2.23. The molecule has 0 aliphatic rings. The van der Waals surface area contributed by atoms with Gasteiger partial charge < -0.3 is 9.64 Å². The molecule has 0 fully saturated rings. The van der Waals surface area contributed by atoms with Gasteiger partial charge in [-0.3, -0.25) is 9.78 Å². The van der Waals surface area contributed by atoms with Crippen LogP contribution in [0.2, 0.25) is 0 Å². The van der Waals surface area contributed by atoms with Gasteiger partial charge >= 0.3 is 5.97 Å². The third-order valence-electron chi connectivity index (χ3n) is 2.63. The predicted molar refractivity (Wildman–Crippen MR) is 63.3 cm³/mol. The van der Waals surface area contributed by atoms with Crippen LogP contribution in [0.3, 0.4) is 0 Å². The van der Waals surface area contributed by atoms with E-state index in [1.54, 1.807) is 12.4 Å². The number of hydrogen-bond acceptors (Lipinski definition) is 4. The molecule has 0 aromatic carbocycles. The Morgan fingerprint density at radius 1 is 1.50 bits per heavy atom. The third kappa shape index (κ3) is 3.22. The predicted octanol–water partition coefficient (Wildman–Crippen LogP) is 1.72. The second-order valence-electron chi connectivity index (χ2n) is 3.71. The van der Waals surface area contributed by atoms with E-state index in [0.717, 1.165) is 12.1 Å². The van der Waals surface area contributed by atoms with Crippen LogP contribution in [0.15, 0.2) is 24.5 Å². The van der Waals surface area contributed by atoms with Crippen molar-refractivity contribution in [2.24, 2.45) is 5.92 Å². The number of methoxy groups -OCH3 is 1. The number of rotatable bonds is 5. The molecule has 1 atom stereocenters. The second kappa shape index (κ2) is 6.10. The Hall–Kier alpha value is -1.58. The number of carbonyl (C=O) groups is 1. The van der Waals surface area contributed by atoms with Crippen LogP contribution in [0.4, 0.5) is 5.69 Å². The summed E-state index contributed by atoms with van der Waals surface area (Å²) < 4.78 is 4.76. The Morgan fingerprint density at radius 3 is 2.62 bits per heavy atom. The third-order valence-corrected chi connectivity index (χ3v) is 2.63. The van der Waals surface area contributed by atoms with Crippen LogP contribution >= 0.6 is 0 Å². The zero-order valence-corrected chi connectivity index (χ0v) is 10.0. The monoisotopic (exact) mass is 222 g/mol. The van der Waals surface area contributed by atoms with E-state index >= 15 is 0 Å². The molecule has 16 heavy (non-hydrogen) atoms. The van der Waals surface area contributed by atoms with Gasteiger partial charge in [0.2, 0.25) is 0 Å². The highest BCUT2D eigenvalue weighted by molar-refractivity contribution is 5.73. The summed E-state index contributed by atoms with van der Waals surface area (Å²) in [6.45, 7) is 2.65. The molecule has 4 nitrogen and oxygen atoms in total. The van der Waals surface area contributed by atoms with E-state index in [4.69, 9.17) is 4.74 Å². The molecule has 0 spiro atoms. The molecule has 1 unspecified atom stereocenters. The van der Waals surface area contributed by atoms with Crippen molar-refractivity contribution in [1.29, 1.82) is 0 Å². The minimum Gasteiger partial charge on any atom is -0.469 e. The zero-order valence-electron chi connectivity index (χ0n) is 10.0. The van der Waals surface area contributed by atoms with E-state index in [0.29, 0.717) is 6.54 Å². The van der Waals surface area contributed by atoms with E-state index in [-0.39, 0.29) is 11.9 Å². The molecule has 4 heteroatoms. The number of esters is 1. The van der Waals surface area contributed by atoms with Crippen molar-refractivity contribution in [3.63, 3.8) is 0 Å². The summed E-state index contributed by atoms with van der Waals surface area (Å²) in [5, 5.41) is 0. The van der Waals surface area contributed by atoms with Crippen LogP contribution in [-0.2, 0) is 9.53 Å². The van der Waals surface area contributed by atoms with Crippen molar-refractivity contribution in [2.75, 3.05) is 25.6 Å². The molecule has 1 rings (SSSR count). The highest BCUT2D eigenvalue weighted by atomic mass is 16.5. The molecule has 88 valence electrons. The van der Waals surface area contributed by atoms with Gasteiger partial charge in [0.25, 0.3) is 0 Å². The van der Waals surface area contributed by atoms with Gasteiger partial charge in [-0.2, -0.15) is 0 Å². The van der Waals surface area contributed by atoms with Crippen molar-refractivity contribution < 1.29 is 9.53 Å². The smallest absolute Gasteiger partial charge is 0.310 e. The number of ether oxygens (including phenoxy) is 1. The quantitative estimate of drug-likeness (QED) is 0.711. The standard InChI is InChI=1S/C12H18N2O2/c1-4-10(12(15)16-3)9-14(2)11-5-7-13-8-6-11/h5-8,10H,4,9H2,1-3H3. The molecular formula is C12H18N2O2. The molecule has 0 N–H and O–H groups in total. The lowest BCUT2D eigenvalue weighted by Crippen LogP contribution is -2.30. The maximum Gasteiger partial charge on any atom is 0.310 e.